The van der Waals surface area contributed by atoms with Crippen LogP contribution in [-0.2, 0) is 16.1 Å². The van der Waals surface area contributed by atoms with E-state index in [4.69, 9.17) is 14.0 Å². The van der Waals surface area contributed by atoms with Crippen molar-refractivity contribution in [3.05, 3.63) is 17.5 Å². The van der Waals surface area contributed by atoms with E-state index in [1.165, 1.54) is 12.8 Å². The summed E-state index contributed by atoms with van der Waals surface area (Å²) < 4.78 is 16.3. The number of Topliss-reactive ketones (excluding diaryl/α,β-unsaturated/α-hetero) is 1. The molecule has 1 saturated carbocycles. The van der Waals surface area contributed by atoms with Crippen LogP contribution in [0.1, 0.15) is 61.2 Å². The molecular weight excluding hydrogens is 270 g/mol. The Balaban J connectivity index is 1.43. The fourth-order valence-electron chi connectivity index (χ4n) is 3.04. The van der Waals surface area contributed by atoms with E-state index in [-0.39, 0.29) is 5.78 Å². The molecule has 1 aromatic heterocycles. The van der Waals surface area contributed by atoms with Gasteiger partial charge in [-0.2, -0.15) is 0 Å². The highest BCUT2D eigenvalue weighted by atomic mass is 16.5. The third-order valence-corrected chi connectivity index (χ3v) is 4.41. The molecule has 0 bridgehead atoms. The number of carbonyl (C=O) groups is 1. The maximum absolute atomic E-state index is 12.1. The van der Waals surface area contributed by atoms with Crippen LogP contribution in [0, 0.1) is 5.92 Å². The summed E-state index contributed by atoms with van der Waals surface area (Å²) in [6, 6.07) is 1.72. The molecule has 0 radical (unpaired) electrons. The summed E-state index contributed by atoms with van der Waals surface area (Å²) in [6.45, 7) is 2.03. The van der Waals surface area contributed by atoms with Gasteiger partial charge in [-0.05, 0) is 31.6 Å². The quantitative estimate of drug-likeness (QED) is 0.723. The predicted octanol–water partition coefficient (Wildman–Crippen LogP) is 3.13. The lowest BCUT2D eigenvalue weighted by Crippen LogP contribution is -2.07. The largest absolute Gasteiger partial charge is 0.381 e. The first-order valence-electron chi connectivity index (χ1n) is 7.99. The number of nitrogens with zero attached hydrogens (tertiary/aromatic N) is 1. The summed E-state index contributed by atoms with van der Waals surface area (Å²) in [5.41, 5.74) is 0.430. The van der Waals surface area contributed by atoms with Crippen molar-refractivity contribution in [2.75, 3.05) is 13.2 Å². The zero-order valence-corrected chi connectivity index (χ0v) is 12.4. The fourth-order valence-corrected chi connectivity index (χ4v) is 3.04. The second-order valence-electron chi connectivity index (χ2n) is 6.09. The molecule has 2 fully saturated rings. The van der Waals surface area contributed by atoms with E-state index >= 15 is 0 Å². The average molecular weight is 293 g/mol. The molecule has 5 heteroatoms. The molecule has 21 heavy (non-hydrogen) atoms. The first kappa shape index (κ1) is 14.7. The van der Waals surface area contributed by atoms with Crippen LogP contribution in [0.4, 0.5) is 0 Å². The first-order valence-corrected chi connectivity index (χ1v) is 7.99. The molecule has 5 nitrogen and oxygen atoms in total. The Kier molecular flexibility index (Phi) is 5.04. The molecule has 2 heterocycles. The van der Waals surface area contributed by atoms with Crippen molar-refractivity contribution < 1.29 is 18.8 Å². The molecule has 0 N–H and O–H groups in total. The molecule has 3 rings (SSSR count). The van der Waals surface area contributed by atoms with E-state index in [1.54, 1.807) is 6.07 Å². The van der Waals surface area contributed by atoms with Crippen molar-refractivity contribution in [1.29, 1.82) is 0 Å². The van der Waals surface area contributed by atoms with E-state index in [0.717, 1.165) is 38.9 Å². The van der Waals surface area contributed by atoms with Gasteiger partial charge in [0.1, 0.15) is 12.3 Å². The molecular formula is C16H23NO4. The highest BCUT2D eigenvalue weighted by molar-refractivity contribution is 5.94. The van der Waals surface area contributed by atoms with E-state index < -0.39 is 0 Å². The lowest BCUT2D eigenvalue weighted by molar-refractivity contribution is 0.0330. The van der Waals surface area contributed by atoms with Gasteiger partial charge in [0.25, 0.3) is 0 Å². The van der Waals surface area contributed by atoms with Crippen molar-refractivity contribution >= 4 is 5.78 Å². The smallest absolute Gasteiger partial charge is 0.184 e. The molecule has 0 spiro atoms. The fraction of sp³-hybridized carbons (Fsp3) is 0.750. The van der Waals surface area contributed by atoms with Crippen LogP contribution in [0.5, 0.6) is 0 Å². The number of ether oxygens (including phenoxy) is 2. The lowest BCUT2D eigenvalue weighted by atomic mass is 10.00. The van der Waals surface area contributed by atoms with Crippen molar-refractivity contribution in [1.82, 2.24) is 5.16 Å². The molecule has 0 aromatic carbocycles. The van der Waals surface area contributed by atoms with Crippen molar-refractivity contribution in [2.45, 2.75) is 57.7 Å². The summed E-state index contributed by atoms with van der Waals surface area (Å²) in [5, 5.41) is 3.87. The Morgan fingerprint density at radius 2 is 2.19 bits per heavy atom. The molecule has 1 aliphatic carbocycles. The van der Waals surface area contributed by atoms with E-state index in [1.807, 2.05) is 0 Å². The number of hydrogen-bond donors (Lipinski definition) is 0. The van der Waals surface area contributed by atoms with E-state index in [9.17, 15) is 4.79 Å². The zero-order valence-electron chi connectivity index (χ0n) is 12.4. The summed E-state index contributed by atoms with van der Waals surface area (Å²) >= 11 is 0. The van der Waals surface area contributed by atoms with Gasteiger partial charge in [0.2, 0.25) is 0 Å². The van der Waals surface area contributed by atoms with Gasteiger partial charge in [-0.25, -0.2) is 0 Å². The second kappa shape index (κ2) is 7.18. The minimum atomic E-state index is 0.0535. The first-order chi connectivity index (χ1) is 10.3. The van der Waals surface area contributed by atoms with Gasteiger partial charge in [0.05, 0.1) is 6.10 Å². The summed E-state index contributed by atoms with van der Waals surface area (Å²) in [5.74, 6) is 1.22. The number of carbonyl (C=O) groups excluding carboxylic acids is 1. The summed E-state index contributed by atoms with van der Waals surface area (Å²) in [7, 11) is 0. The van der Waals surface area contributed by atoms with Crippen molar-refractivity contribution in [2.24, 2.45) is 5.92 Å². The van der Waals surface area contributed by atoms with Crippen molar-refractivity contribution in [3.63, 3.8) is 0 Å². The Hall–Kier alpha value is -1.20. The van der Waals surface area contributed by atoms with Crippen LogP contribution in [0.2, 0.25) is 0 Å². The zero-order chi connectivity index (χ0) is 14.5. The summed E-state index contributed by atoms with van der Waals surface area (Å²) in [4.78, 5) is 12.1. The highest BCUT2D eigenvalue weighted by Gasteiger charge is 2.20. The minimum absolute atomic E-state index is 0.0535. The van der Waals surface area contributed by atoms with Gasteiger partial charge in [0, 0.05) is 25.7 Å². The minimum Gasteiger partial charge on any atom is -0.381 e. The monoisotopic (exact) mass is 293 g/mol. The topological polar surface area (TPSA) is 61.6 Å². The molecule has 2 aliphatic rings. The Morgan fingerprint density at radius 3 is 2.95 bits per heavy atom. The predicted molar refractivity (Wildman–Crippen MR) is 76.0 cm³/mol. The molecule has 1 unspecified atom stereocenters. The molecule has 1 atom stereocenters. The maximum atomic E-state index is 12.1. The maximum Gasteiger partial charge on any atom is 0.184 e. The number of aromatic nitrogens is 1. The Morgan fingerprint density at radius 1 is 1.33 bits per heavy atom. The van der Waals surface area contributed by atoms with Gasteiger partial charge < -0.3 is 14.0 Å². The third kappa shape index (κ3) is 4.14. The average Bonchev–Trinajstić information content (AvgIpc) is 3.24. The van der Waals surface area contributed by atoms with Gasteiger partial charge >= 0.3 is 0 Å². The second-order valence-corrected chi connectivity index (χ2v) is 6.09. The molecule has 1 aromatic rings. The lowest BCUT2D eigenvalue weighted by Gasteiger charge is -2.08. The van der Waals surface area contributed by atoms with Crippen LogP contribution in [-0.4, -0.2) is 30.3 Å². The number of rotatable bonds is 7. The van der Waals surface area contributed by atoms with Crippen LogP contribution < -0.4 is 0 Å². The van der Waals surface area contributed by atoms with Crippen LogP contribution >= 0.6 is 0 Å². The van der Waals surface area contributed by atoms with Gasteiger partial charge in [-0.1, -0.05) is 18.0 Å². The van der Waals surface area contributed by atoms with E-state index in [0.29, 0.717) is 36.5 Å². The van der Waals surface area contributed by atoms with Crippen molar-refractivity contribution in [3.8, 4) is 0 Å². The molecule has 0 amide bonds. The number of hydrogen-bond acceptors (Lipinski definition) is 5. The third-order valence-electron chi connectivity index (χ3n) is 4.41. The SMILES string of the molecule is O=C(CCC1CCOC1)c1cc(COC2CCCC2)on1. The molecule has 116 valence electrons. The standard InChI is InChI=1S/C16H23NO4/c18-16(6-5-12-7-8-19-10-12)15-9-14(21-17-15)11-20-13-3-1-2-4-13/h9,12-13H,1-8,10-11H2. The normalized spacial score (nSPS) is 23.0. The number of ketones is 1. The summed E-state index contributed by atoms with van der Waals surface area (Å²) in [6.07, 6.45) is 7.55. The van der Waals surface area contributed by atoms with Crippen LogP contribution in [0.15, 0.2) is 10.6 Å². The van der Waals surface area contributed by atoms with E-state index in [2.05, 4.69) is 5.16 Å². The Bertz CT molecular complexity index is 459. The van der Waals surface area contributed by atoms with Gasteiger partial charge in [-0.15, -0.1) is 0 Å². The van der Waals surface area contributed by atoms with Gasteiger partial charge in [0.15, 0.2) is 11.5 Å². The Labute approximate surface area is 125 Å². The van der Waals surface area contributed by atoms with Crippen LogP contribution in [0.3, 0.4) is 0 Å². The highest BCUT2D eigenvalue weighted by Crippen LogP contribution is 2.23. The van der Waals surface area contributed by atoms with Crippen LogP contribution in [0.25, 0.3) is 0 Å². The molecule has 1 saturated heterocycles. The molecule has 1 aliphatic heterocycles. The van der Waals surface area contributed by atoms with Gasteiger partial charge in [-0.3, -0.25) is 4.79 Å².